The molecule has 110 valence electrons. The van der Waals surface area contributed by atoms with Gasteiger partial charge in [-0.15, -0.1) is 0 Å². The first-order valence-corrected chi connectivity index (χ1v) is 5.93. The Morgan fingerprint density at radius 3 is 2.45 bits per heavy atom. The summed E-state index contributed by atoms with van der Waals surface area (Å²) in [7, 11) is 3.17. The van der Waals surface area contributed by atoms with Gasteiger partial charge in [0.15, 0.2) is 0 Å². The van der Waals surface area contributed by atoms with E-state index in [-0.39, 0.29) is 11.7 Å². The second kappa shape index (κ2) is 5.94. The standard InChI is InChI=1S/C13H17F2N3O2/c1-13(2,11(14)15)12(20)17-9-7-8(5-6-16-9)10(19)18(3)4/h5-7,11H,1-4H3,(H,16,17,20). The minimum absolute atomic E-state index is 0.0661. The zero-order chi connectivity index (χ0) is 15.5. The molecule has 0 aliphatic carbocycles. The number of halogens is 2. The summed E-state index contributed by atoms with van der Waals surface area (Å²) in [6.07, 6.45) is -1.46. The lowest BCUT2D eigenvalue weighted by molar-refractivity contribution is -0.131. The number of hydrogen-bond acceptors (Lipinski definition) is 3. The molecule has 0 atom stereocenters. The van der Waals surface area contributed by atoms with E-state index in [1.54, 1.807) is 14.1 Å². The van der Waals surface area contributed by atoms with Gasteiger partial charge in [-0.2, -0.15) is 0 Å². The third-order valence-corrected chi connectivity index (χ3v) is 2.79. The summed E-state index contributed by atoms with van der Waals surface area (Å²) in [6.45, 7) is 2.28. The number of anilines is 1. The lowest BCUT2D eigenvalue weighted by atomic mass is 9.93. The summed E-state index contributed by atoms with van der Waals surface area (Å²) in [5.41, 5.74) is -1.52. The topological polar surface area (TPSA) is 62.3 Å². The van der Waals surface area contributed by atoms with Crippen LogP contribution in [-0.2, 0) is 4.79 Å². The van der Waals surface area contributed by atoms with E-state index in [9.17, 15) is 18.4 Å². The summed E-state index contributed by atoms with van der Waals surface area (Å²) in [6, 6.07) is 2.83. The predicted molar refractivity (Wildman–Crippen MR) is 70.7 cm³/mol. The van der Waals surface area contributed by atoms with Crippen molar-refractivity contribution in [3.05, 3.63) is 23.9 Å². The van der Waals surface area contributed by atoms with Crippen molar-refractivity contribution in [2.45, 2.75) is 20.3 Å². The number of carbonyl (C=O) groups excluding carboxylic acids is 2. The van der Waals surface area contributed by atoms with Gasteiger partial charge >= 0.3 is 0 Å². The van der Waals surface area contributed by atoms with Crippen molar-refractivity contribution >= 4 is 17.6 Å². The van der Waals surface area contributed by atoms with Crippen molar-refractivity contribution < 1.29 is 18.4 Å². The SMILES string of the molecule is CN(C)C(=O)c1ccnc(NC(=O)C(C)(C)C(F)F)c1. The highest BCUT2D eigenvalue weighted by Crippen LogP contribution is 2.26. The minimum Gasteiger partial charge on any atom is -0.345 e. The van der Waals surface area contributed by atoms with Crippen LogP contribution in [0, 0.1) is 5.41 Å². The molecule has 0 aromatic carbocycles. The highest BCUT2D eigenvalue weighted by molar-refractivity contribution is 5.97. The molecule has 1 aromatic rings. The number of pyridine rings is 1. The third kappa shape index (κ3) is 3.49. The predicted octanol–water partition coefficient (Wildman–Crippen LogP) is 2.01. The maximum absolute atomic E-state index is 12.7. The van der Waals surface area contributed by atoms with Crippen molar-refractivity contribution in [1.82, 2.24) is 9.88 Å². The second-order valence-corrected chi connectivity index (χ2v) is 5.11. The monoisotopic (exact) mass is 285 g/mol. The molecule has 0 saturated carbocycles. The van der Waals surface area contributed by atoms with Crippen LogP contribution in [0.2, 0.25) is 0 Å². The summed E-state index contributed by atoms with van der Waals surface area (Å²) >= 11 is 0. The Balaban J connectivity index is 2.92. The van der Waals surface area contributed by atoms with Crippen molar-refractivity contribution in [1.29, 1.82) is 0 Å². The van der Waals surface area contributed by atoms with Gasteiger partial charge < -0.3 is 10.2 Å². The van der Waals surface area contributed by atoms with Crippen LogP contribution in [0.4, 0.5) is 14.6 Å². The molecule has 0 unspecified atom stereocenters. The molecule has 1 N–H and O–H groups in total. The van der Waals surface area contributed by atoms with Crippen LogP contribution in [-0.4, -0.2) is 42.2 Å². The Morgan fingerprint density at radius 1 is 1.35 bits per heavy atom. The molecule has 1 heterocycles. The molecule has 0 radical (unpaired) electrons. The number of amides is 2. The molecule has 0 aliphatic heterocycles. The number of alkyl halides is 2. The summed E-state index contributed by atoms with van der Waals surface area (Å²) in [5.74, 6) is -1.05. The van der Waals surface area contributed by atoms with E-state index in [1.807, 2.05) is 0 Å². The van der Waals surface area contributed by atoms with E-state index in [0.717, 1.165) is 13.8 Å². The van der Waals surface area contributed by atoms with Crippen LogP contribution >= 0.6 is 0 Å². The van der Waals surface area contributed by atoms with Crippen molar-refractivity contribution in [3.8, 4) is 0 Å². The molecular formula is C13H17F2N3O2. The average Bonchev–Trinajstić information content (AvgIpc) is 2.37. The zero-order valence-electron chi connectivity index (χ0n) is 11.8. The van der Waals surface area contributed by atoms with E-state index >= 15 is 0 Å². The molecule has 0 fully saturated rings. The Kier molecular flexibility index (Phi) is 4.75. The fraction of sp³-hybridized carbons (Fsp3) is 0.462. The molecular weight excluding hydrogens is 268 g/mol. The summed E-state index contributed by atoms with van der Waals surface area (Å²) in [5, 5.41) is 2.30. The van der Waals surface area contributed by atoms with Gasteiger partial charge in [0, 0.05) is 25.9 Å². The Bertz CT molecular complexity index is 516. The highest BCUT2D eigenvalue weighted by atomic mass is 19.3. The first-order valence-electron chi connectivity index (χ1n) is 5.93. The Morgan fingerprint density at radius 2 is 1.95 bits per heavy atom. The zero-order valence-corrected chi connectivity index (χ0v) is 11.8. The molecule has 5 nitrogen and oxygen atoms in total. The van der Waals surface area contributed by atoms with Gasteiger partial charge in [0.1, 0.15) is 11.2 Å². The van der Waals surface area contributed by atoms with Crippen LogP contribution in [0.15, 0.2) is 18.3 Å². The molecule has 0 bridgehead atoms. The molecule has 0 saturated heterocycles. The minimum atomic E-state index is -2.80. The van der Waals surface area contributed by atoms with Crippen molar-refractivity contribution in [2.75, 3.05) is 19.4 Å². The largest absolute Gasteiger partial charge is 0.345 e. The summed E-state index contributed by atoms with van der Waals surface area (Å²) < 4.78 is 25.5. The van der Waals surface area contributed by atoms with E-state index in [4.69, 9.17) is 0 Å². The highest BCUT2D eigenvalue weighted by Gasteiger charge is 2.37. The summed E-state index contributed by atoms with van der Waals surface area (Å²) in [4.78, 5) is 28.7. The van der Waals surface area contributed by atoms with Gasteiger partial charge in [0.2, 0.25) is 5.91 Å². The van der Waals surface area contributed by atoms with E-state index < -0.39 is 17.7 Å². The van der Waals surface area contributed by atoms with Crippen molar-refractivity contribution in [3.63, 3.8) is 0 Å². The van der Waals surface area contributed by atoms with Crippen LogP contribution in [0.25, 0.3) is 0 Å². The molecule has 20 heavy (non-hydrogen) atoms. The van der Waals surface area contributed by atoms with Gasteiger partial charge in [0.05, 0.1) is 0 Å². The molecule has 0 aliphatic rings. The first kappa shape index (κ1) is 16.0. The fourth-order valence-corrected chi connectivity index (χ4v) is 1.27. The smallest absolute Gasteiger partial charge is 0.253 e. The second-order valence-electron chi connectivity index (χ2n) is 5.11. The maximum atomic E-state index is 12.7. The third-order valence-electron chi connectivity index (χ3n) is 2.79. The number of carbonyl (C=O) groups is 2. The lowest BCUT2D eigenvalue weighted by Crippen LogP contribution is -2.37. The Labute approximate surface area is 116 Å². The van der Waals surface area contributed by atoms with E-state index in [1.165, 1.54) is 23.2 Å². The van der Waals surface area contributed by atoms with Gasteiger partial charge in [-0.1, -0.05) is 0 Å². The first-order chi connectivity index (χ1) is 9.16. The van der Waals surface area contributed by atoms with Gasteiger partial charge in [-0.05, 0) is 26.0 Å². The fourth-order valence-electron chi connectivity index (χ4n) is 1.27. The van der Waals surface area contributed by atoms with Crippen LogP contribution in [0.5, 0.6) is 0 Å². The van der Waals surface area contributed by atoms with Gasteiger partial charge in [-0.3, -0.25) is 9.59 Å². The van der Waals surface area contributed by atoms with Crippen LogP contribution in [0.1, 0.15) is 24.2 Å². The number of rotatable bonds is 4. The maximum Gasteiger partial charge on any atom is 0.253 e. The number of nitrogens with zero attached hydrogens (tertiary/aromatic N) is 2. The molecule has 7 heteroatoms. The van der Waals surface area contributed by atoms with Crippen LogP contribution in [0.3, 0.4) is 0 Å². The Hall–Kier alpha value is -2.05. The number of aromatic nitrogens is 1. The van der Waals surface area contributed by atoms with E-state index in [2.05, 4.69) is 10.3 Å². The average molecular weight is 285 g/mol. The molecule has 2 amide bonds. The number of hydrogen-bond donors (Lipinski definition) is 1. The molecule has 0 spiro atoms. The number of nitrogens with one attached hydrogen (secondary N) is 1. The van der Waals surface area contributed by atoms with E-state index in [0.29, 0.717) is 5.56 Å². The quantitative estimate of drug-likeness (QED) is 0.920. The lowest BCUT2D eigenvalue weighted by Gasteiger charge is -2.22. The normalized spacial score (nSPS) is 11.3. The molecule has 1 rings (SSSR count). The molecule has 1 aromatic heterocycles. The van der Waals surface area contributed by atoms with Gasteiger partial charge in [0.25, 0.3) is 12.3 Å². The van der Waals surface area contributed by atoms with Crippen LogP contribution < -0.4 is 5.32 Å². The van der Waals surface area contributed by atoms with Gasteiger partial charge in [-0.25, -0.2) is 13.8 Å². The van der Waals surface area contributed by atoms with Crippen molar-refractivity contribution in [2.24, 2.45) is 5.41 Å².